The Morgan fingerprint density at radius 3 is 2.48 bits per heavy atom. The lowest BCUT2D eigenvalue weighted by Crippen LogP contribution is -2.53. The minimum absolute atomic E-state index is 0.0129. The second-order valence-corrected chi connectivity index (χ2v) is 5.34. The van der Waals surface area contributed by atoms with E-state index in [-0.39, 0.29) is 16.8 Å². The summed E-state index contributed by atoms with van der Waals surface area (Å²) in [5.74, 6) is 4.60. The minimum atomic E-state index is -4.57. The first kappa shape index (κ1) is 15.6. The molecule has 0 unspecified atom stereocenters. The summed E-state index contributed by atoms with van der Waals surface area (Å²) in [6, 6.07) is 3.32. The molecular weight excluding hydrogens is 283 g/mol. The molecule has 0 radical (unpaired) electrons. The van der Waals surface area contributed by atoms with Crippen molar-refractivity contribution in [2.75, 3.05) is 5.43 Å². The van der Waals surface area contributed by atoms with Crippen molar-refractivity contribution in [2.45, 2.75) is 44.3 Å². The number of carbonyl (C=O) groups excluding carboxylic acids is 1. The van der Waals surface area contributed by atoms with Crippen molar-refractivity contribution in [1.82, 2.24) is 5.32 Å². The van der Waals surface area contributed by atoms with Crippen LogP contribution >= 0.6 is 0 Å². The lowest BCUT2D eigenvalue weighted by atomic mass is 9.74. The number of hydrogen-bond donors (Lipinski definition) is 3. The van der Waals surface area contributed by atoms with E-state index in [1.807, 2.05) is 12.3 Å². The molecule has 4 nitrogen and oxygen atoms in total. The summed E-state index contributed by atoms with van der Waals surface area (Å²) >= 11 is 0. The van der Waals surface area contributed by atoms with Crippen molar-refractivity contribution in [3.05, 3.63) is 29.3 Å². The van der Waals surface area contributed by atoms with Gasteiger partial charge in [0, 0.05) is 11.1 Å². The van der Waals surface area contributed by atoms with Gasteiger partial charge in [-0.3, -0.25) is 10.6 Å². The molecule has 116 valence electrons. The Balaban J connectivity index is 2.26. The number of amides is 1. The summed E-state index contributed by atoms with van der Waals surface area (Å²) in [6.45, 7) is 1.96. The van der Waals surface area contributed by atoms with Crippen molar-refractivity contribution in [3.8, 4) is 0 Å². The van der Waals surface area contributed by atoms with Gasteiger partial charge in [0.25, 0.3) is 5.91 Å². The summed E-state index contributed by atoms with van der Waals surface area (Å²) in [6.07, 6.45) is -1.05. The Bertz CT molecular complexity index is 533. The highest BCUT2D eigenvalue weighted by Crippen LogP contribution is 2.37. The van der Waals surface area contributed by atoms with E-state index >= 15 is 0 Å². The van der Waals surface area contributed by atoms with Crippen LogP contribution in [0.4, 0.5) is 18.9 Å². The number of rotatable bonds is 4. The van der Waals surface area contributed by atoms with Crippen molar-refractivity contribution >= 4 is 11.6 Å². The zero-order chi connectivity index (χ0) is 15.7. The minimum Gasteiger partial charge on any atom is -0.347 e. The van der Waals surface area contributed by atoms with E-state index in [2.05, 4.69) is 5.32 Å². The van der Waals surface area contributed by atoms with Crippen LogP contribution in [0.2, 0.25) is 0 Å². The highest BCUT2D eigenvalue weighted by Gasteiger charge is 2.38. The predicted molar refractivity (Wildman–Crippen MR) is 73.6 cm³/mol. The number of nitrogens with one attached hydrogen (secondary N) is 2. The quantitative estimate of drug-likeness (QED) is 0.591. The standard InChI is InChI=1S/C14H18F3N3O/c1-2-13(6-3-7-13)19-12(21)9-4-5-11(20-18)10(8-9)14(15,16)17/h4-5,8,20H,2-3,6-7,18H2,1H3,(H,19,21). The number of carbonyl (C=O) groups is 1. The van der Waals surface area contributed by atoms with Gasteiger partial charge in [-0.1, -0.05) is 6.92 Å². The number of hydrazine groups is 1. The number of nitrogens with two attached hydrogens (primary N) is 1. The number of hydrogen-bond acceptors (Lipinski definition) is 3. The molecule has 7 heteroatoms. The zero-order valence-corrected chi connectivity index (χ0v) is 11.7. The number of alkyl halides is 3. The predicted octanol–water partition coefficient (Wildman–Crippen LogP) is 3.05. The van der Waals surface area contributed by atoms with E-state index in [1.54, 1.807) is 0 Å². The van der Waals surface area contributed by atoms with Gasteiger partial charge in [-0.05, 0) is 43.9 Å². The van der Waals surface area contributed by atoms with E-state index in [0.29, 0.717) is 0 Å². The Hall–Kier alpha value is -1.76. The molecule has 0 saturated heterocycles. The van der Waals surface area contributed by atoms with E-state index < -0.39 is 17.6 Å². The van der Waals surface area contributed by atoms with Gasteiger partial charge >= 0.3 is 6.18 Å². The molecule has 2 rings (SSSR count). The molecule has 1 saturated carbocycles. The molecule has 0 aromatic heterocycles. The van der Waals surface area contributed by atoms with Crippen molar-refractivity contribution < 1.29 is 18.0 Å². The van der Waals surface area contributed by atoms with Gasteiger partial charge in [0.1, 0.15) is 0 Å². The van der Waals surface area contributed by atoms with E-state index in [0.717, 1.165) is 37.8 Å². The Labute approximate surface area is 120 Å². The number of halogens is 3. The van der Waals surface area contributed by atoms with Gasteiger partial charge in [-0.15, -0.1) is 0 Å². The van der Waals surface area contributed by atoms with Gasteiger partial charge in [0.05, 0.1) is 11.3 Å². The van der Waals surface area contributed by atoms with Crippen LogP contribution < -0.4 is 16.6 Å². The molecule has 1 aliphatic carbocycles. The first-order chi connectivity index (χ1) is 9.81. The third-order valence-electron chi connectivity index (χ3n) is 4.11. The normalized spacial score (nSPS) is 17.0. The first-order valence-corrected chi connectivity index (χ1v) is 6.82. The number of nitrogen functional groups attached to an aromatic ring is 1. The molecule has 21 heavy (non-hydrogen) atoms. The summed E-state index contributed by atoms with van der Waals surface area (Å²) in [4.78, 5) is 12.2. The van der Waals surface area contributed by atoms with Crippen LogP contribution in [-0.2, 0) is 6.18 Å². The fraction of sp³-hybridized carbons (Fsp3) is 0.500. The molecule has 1 aliphatic rings. The van der Waals surface area contributed by atoms with E-state index in [1.165, 1.54) is 6.07 Å². The third-order valence-corrected chi connectivity index (χ3v) is 4.11. The Morgan fingerprint density at radius 1 is 1.38 bits per heavy atom. The second kappa shape index (κ2) is 5.55. The molecule has 1 aromatic rings. The maximum atomic E-state index is 12.9. The largest absolute Gasteiger partial charge is 0.418 e. The SMILES string of the molecule is CCC1(NC(=O)c2ccc(NN)c(C(F)(F)F)c2)CCC1. The smallest absolute Gasteiger partial charge is 0.347 e. The van der Waals surface area contributed by atoms with Crippen LogP contribution in [-0.4, -0.2) is 11.4 Å². The highest BCUT2D eigenvalue weighted by molar-refractivity contribution is 5.95. The summed E-state index contributed by atoms with van der Waals surface area (Å²) in [7, 11) is 0. The molecule has 1 fully saturated rings. The van der Waals surface area contributed by atoms with Gasteiger partial charge in [0.15, 0.2) is 0 Å². The average Bonchev–Trinajstić information content (AvgIpc) is 2.41. The zero-order valence-electron chi connectivity index (χ0n) is 11.7. The molecule has 0 spiro atoms. The summed E-state index contributed by atoms with van der Waals surface area (Å²) in [5.41, 5.74) is 0.518. The lowest BCUT2D eigenvalue weighted by molar-refractivity contribution is -0.137. The van der Waals surface area contributed by atoms with E-state index in [9.17, 15) is 18.0 Å². The lowest BCUT2D eigenvalue weighted by Gasteiger charge is -2.42. The first-order valence-electron chi connectivity index (χ1n) is 6.82. The fourth-order valence-electron chi connectivity index (χ4n) is 2.53. The second-order valence-electron chi connectivity index (χ2n) is 5.34. The average molecular weight is 301 g/mol. The maximum absolute atomic E-state index is 12.9. The highest BCUT2D eigenvalue weighted by atomic mass is 19.4. The molecule has 0 atom stereocenters. The molecule has 0 heterocycles. The Kier molecular flexibility index (Phi) is 4.13. The van der Waals surface area contributed by atoms with Crippen molar-refractivity contribution in [1.29, 1.82) is 0 Å². The topological polar surface area (TPSA) is 67.2 Å². The van der Waals surface area contributed by atoms with Crippen LogP contribution in [0.5, 0.6) is 0 Å². The number of benzene rings is 1. The van der Waals surface area contributed by atoms with Gasteiger partial charge in [-0.25, -0.2) is 0 Å². The van der Waals surface area contributed by atoms with Crippen LogP contribution in [0, 0.1) is 0 Å². The maximum Gasteiger partial charge on any atom is 0.418 e. The van der Waals surface area contributed by atoms with Crippen LogP contribution in [0.1, 0.15) is 48.5 Å². The molecule has 0 bridgehead atoms. The Morgan fingerprint density at radius 2 is 2.05 bits per heavy atom. The van der Waals surface area contributed by atoms with Gasteiger partial charge < -0.3 is 10.7 Å². The van der Waals surface area contributed by atoms with Crippen molar-refractivity contribution in [2.24, 2.45) is 5.84 Å². The monoisotopic (exact) mass is 301 g/mol. The molecule has 1 aromatic carbocycles. The molecule has 4 N–H and O–H groups in total. The third kappa shape index (κ3) is 3.12. The van der Waals surface area contributed by atoms with Gasteiger partial charge in [-0.2, -0.15) is 13.2 Å². The molecular formula is C14H18F3N3O. The van der Waals surface area contributed by atoms with Crippen LogP contribution in [0.3, 0.4) is 0 Å². The summed E-state index contributed by atoms with van der Waals surface area (Å²) < 4.78 is 38.8. The molecule has 1 amide bonds. The van der Waals surface area contributed by atoms with Crippen LogP contribution in [0.25, 0.3) is 0 Å². The summed E-state index contributed by atoms with van der Waals surface area (Å²) in [5, 5.41) is 2.85. The number of anilines is 1. The fourth-order valence-corrected chi connectivity index (χ4v) is 2.53. The van der Waals surface area contributed by atoms with Crippen LogP contribution in [0.15, 0.2) is 18.2 Å². The molecule has 0 aliphatic heterocycles. The van der Waals surface area contributed by atoms with E-state index in [4.69, 9.17) is 5.84 Å². The van der Waals surface area contributed by atoms with Crippen molar-refractivity contribution in [3.63, 3.8) is 0 Å². The van der Waals surface area contributed by atoms with Gasteiger partial charge in [0.2, 0.25) is 0 Å².